The van der Waals surface area contributed by atoms with Gasteiger partial charge >= 0.3 is 12.4 Å². The second kappa shape index (κ2) is 10.6. The maximum atomic E-state index is 13.3. The Morgan fingerprint density at radius 3 is 1.82 bits per heavy atom. The van der Waals surface area contributed by atoms with Crippen molar-refractivity contribution in [2.75, 3.05) is 7.05 Å². The van der Waals surface area contributed by atoms with E-state index >= 15 is 0 Å². The van der Waals surface area contributed by atoms with Crippen LogP contribution in [0.4, 0.5) is 26.3 Å². The number of rotatable bonds is 8. The summed E-state index contributed by atoms with van der Waals surface area (Å²) in [4.78, 5) is 3.62. The first kappa shape index (κ1) is 26.0. The van der Waals surface area contributed by atoms with Crippen molar-refractivity contribution in [3.8, 4) is 17.6 Å². The fourth-order valence-electron chi connectivity index (χ4n) is 3.09. The van der Waals surface area contributed by atoms with Gasteiger partial charge in [-0.25, -0.2) is 0 Å². The molecule has 2 atom stereocenters. The molecule has 0 bridgehead atoms. The average Bonchev–Trinajstić information content (AvgIpc) is 2.72. The van der Waals surface area contributed by atoms with E-state index in [9.17, 15) is 26.3 Å². The predicted molar refractivity (Wildman–Crippen MR) is 111 cm³/mol. The number of ether oxygens (including phenoxy) is 2. The molecule has 0 aliphatic rings. The van der Waals surface area contributed by atoms with Gasteiger partial charge in [0.1, 0.15) is 11.5 Å². The zero-order valence-corrected chi connectivity index (χ0v) is 18.1. The molecule has 0 aliphatic carbocycles. The molecule has 10 heteroatoms. The van der Waals surface area contributed by atoms with Crippen LogP contribution in [0.15, 0.2) is 41.4 Å². The Labute approximate surface area is 187 Å². The van der Waals surface area contributed by atoms with Crippen LogP contribution in [-0.2, 0) is 12.4 Å². The van der Waals surface area contributed by atoms with Crippen molar-refractivity contribution < 1.29 is 35.8 Å². The second-order valence-corrected chi connectivity index (χ2v) is 7.39. The van der Waals surface area contributed by atoms with Crippen LogP contribution in [0.5, 0.6) is 11.5 Å². The van der Waals surface area contributed by atoms with E-state index in [-0.39, 0.29) is 17.1 Å². The summed E-state index contributed by atoms with van der Waals surface area (Å²) < 4.78 is 90.2. The van der Waals surface area contributed by atoms with Gasteiger partial charge in [0.2, 0.25) is 0 Å². The molecule has 2 aromatic carbocycles. The van der Waals surface area contributed by atoms with Crippen molar-refractivity contribution in [3.63, 3.8) is 0 Å². The highest BCUT2D eigenvalue weighted by Gasteiger charge is 2.35. The lowest BCUT2D eigenvalue weighted by Gasteiger charge is -2.20. The highest BCUT2D eigenvalue weighted by molar-refractivity contribution is 5.82. The Hall–Kier alpha value is -3.22. The Kier molecular flexibility index (Phi) is 8.36. The van der Waals surface area contributed by atoms with E-state index in [1.807, 2.05) is 0 Å². The first-order valence-corrected chi connectivity index (χ1v) is 9.93. The molecule has 0 fully saturated rings. The third kappa shape index (κ3) is 7.41. The van der Waals surface area contributed by atoms with Crippen molar-refractivity contribution in [2.24, 2.45) is 4.99 Å². The summed E-state index contributed by atoms with van der Waals surface area (Å²) >= 11 is 0. The van der Waals surface area contributed by atoms with Gasteiger partial charge in [0.15, 0.2) is 0 Å². The van der Waals surface area contributed by atoms with Crippen LogP contribution in [0.25, 0.3) is 0 Å². The maximum absolute atomic E-state index is 13.3. The smallest absolute Gasteiger partial charge is 0.417 e. The minimum absolute atomic E-state index is 0.0367. The first-order chi connectivity index (χ1) is 15.3. The number of hydrogen-bond acceptors (Lipinski definition) is 4. The number of aliphatic imine (C=N–C) groups is 1. The molecule has 178 valence electrons. The summed E-state index contributed by atoms with van der Waals surface area (Å²) in [5.41, 5.74) is -2.52. The molecule has 0 aromatic heterocycles. The topological polar surface area (TPSA) is 54.6 Å². The summed E-state index contributed by atoms with van der Waals surface area (Å²) in [6, 6.07) is 8.19. The van der Waals surface area contributed by atoms with Gasteiger partial charge < -0.3 is 9.47 Å². The maximum Gasteiger partial charge on any atom is 0.417 e. The minimum Gasteiger partial charge on any atom is -0.491 e. The van der Waals surface area contributed by atoms with E-state index in [4.69, 9.17) is 14.7 Å². The molecule has 2 rings (SSSR count). The largest absolute Gasteiger partial charge is 0.491 e. The van der Waals surface area contributed by atoms with Gasteiger partial charge in [-0.3, -0.25) is 4.99 Å². The van der Waals surface area contributed by atoms with Crippen molar-refractivity contribution in [3.05, 3.63) is 58.7 Å². The van der Waals surface area contributed by atoms with Gasteiger partial charge in [-0.15, -0.1) is 0 Å². The zero-order valence-electron chi connectivity index (χ0n) is 18.1. The summed E-state index contributed by atoms with van der Waals surface area (Å²) in [6.45, 7) is 3.32. The monoisotopic (exact) mass is 472 g/mol. The molecule has 4 nitrogen and oxygen atoms in total. The van der Waals surface area contributed by atoms with E-state index in [0.29, 0.717) is 12.8 Å². The molecule has 2 aromatic rings. The number of nitriles is 1. The third-order valence-electron chi connectivity index (χ3n) is 4.67. The molecule has 0 N–H and O–H groups in total. The molecular formula is C23H22F6N2O2. The quantitative estimate of drug-likeness (QED) is 0.319. The molecule has 33 heavy (non-hydrogen) atoms. The lowest BCUT2D eigenvalue weighted by atomic mass is 10.1. The zero-order chi connectivity index (χ0) is 24.8. The average molecular weight is 472 g/mol. The summed E-state index contributed by atoms with van der Waals surface area (Å²) in [5, 5.41) is 8.85. The van der Waals surface area contributed by atoms with E-state index in [1.54, 1.807) is 13.8 Å². The van der Waals surface area contributed by atoms with Crippen LogP contribution in [-0.4, -0.2) is 25.5 Å². The fourth-order valence-corrected chi connectivity index (χ4v) is 3.09. The standard InChI is InChI=1S/C23H22F6N2O2/c1-14(32-18-8-6-16(12-30)20(10-18)22(24,25)26)4-5-15(2)33-19-9-7-17(13-31-3)21(11-19)23(27,28)29/h6-11,13-15H,4-5H2,1-3H3. The SMILES string of the molecule is CN=Cc1ccc(OC(C)CCC(C)Oc2ccc(C#N)c(C(F)(F)F)c2)cc1C(F)(F)F. The molecule has 0 saturated heterocycles. The second-order valence-electron chi connectivity index (χ2n) is 7.39. The van der Waals surface area contributed by atoms with Crippen LogP contribution >= 0.6 is 0 Å². The van der Waals surface area contributed by atoms with Gasteiger partial charge in [0.25, 0.3) is 0 Å². The summed E-state index contributed by atoms with van der Waals surface area (Å²) in [5.74, 6) is 0.00366. The lowest BCUT2D eigenvalue weighted by molar-refractivity contribution is -0.138. The van der Waals surface area contributed by atoms with Crippen molar-refractivity contribution >= 4 is 6.21 Å². The third-order valence-corrected chi connectivity index (χ3v) is 4.67. The highest BCUT2D eigenvalue weighted by atomic mass is 19.4. The number of benzene rings is 2. The first-order valence-electron chi connectivity index (χ1n) is 9.93. The fraction of sp³-hybridized carbons (Fsp3) is 0.391. The Bertz CT molecular complexity index is 1030. The summed E-state index contributed by atoms with van der Waals surface area (Å²) in [6.07, 6.45) is -8.38. The number of hydrogen-bond donors (Lipinski definition) is 0. The predicted octanol–water partition coefficient (Wildman–Crippen LogP) is 6.66. The van der Waals surface area contributed by atoms with Crippen molar-refractivity contribution in [1.29, 1.82) is 5.26 Å². The molecule has 0 radical (unpaired) electrons. The number of nitrogens with zero attached hydrogens (tertiary/aromatic N) is 2. The van der Waals surface area contributed by atoms with E-state index in [0.717, 1.165) is 24.4 Å². The highest BCUT2D eigenvalue weighted by Crippen LogP contribution is 2.35. The van der Waals surface area contributed by atoms with Crippen LogP contribution in [0.2, 0.25) is 0 Å². The van der Waals surface area contributed by atoms with Crippen LogP contribution < -0.4 is 9.47 Å². The van der Waals surface area contributed by atoms with Crippen LogP contribution in [0.3, 0.4) is 0 Å². The van der Waals surface area contributed by atoms with Crippen LogP contribution in [0.1, 0.15) is 48.9 Å². The molecule has 2 unspecified atom stereocenters. The normalized spacial score (nSPS) is 14.1. The number of alkyl halides is 6. The van der Waals surface area contributed by atoms with Crippen molar-refractivity contribution in [2.45, 2.75) is 51.2 Å². The van der Waals surface area contributed by atoms with Gasteiger partial charge in [-0.05, 0) is 63.1 Å². The van der Waals surface area contributed by atoms with E-state index in [1.165, 1.54) is 31.3 Å². The molecule has 0 heterocycles. The van der Waals surface area contributed by atoms with Gasteiger partial charge in [-0.1, -0.05) is 0 Å². The van der Waals surface area contributed by atoms with Crippen LogP contribution in [0, 0.1) is 11.3 Å². The Balaban J connectivity index is 2.00. The summed E-state index contributed by atoms with van der Waals surface area (Å²) in [7, 11) is 1.37. The van der Waals surface area contributed by atoms with E-state index < -0.39 is 41.3 Å². The molecule has 0 amide bonds. The molecule has 0 spiro atoms. The molecule has 0 saturated carbocycles. The lowest BCUT2D eigenvalue weighted by Crippen LogP contribution is -2.19. The van der Waals surface area contributed by atoms with Crippen molar-refractivity contribution in [1.82, 2.24) is 0 Å². The van der Waals surface area contributed by atoms with Gasteiger partial charge in [0.05, 0.1) is 35.0 Å². The minimum atomic E-state index is -4.69. The van der Waals surface area contributed by atoms with Gasteiger partial charge in [0, 0.05) is 18.8 Å². The molecular weight excluding hydrogens is 450 g/mol. The number of halogens is 6. The molecule has 0 aliphatic heterocycles. The van der Waals surface area contributed by atoms with Gasteiger partial charge in [-0.2, -0.15) is 31.6 Å². The van der Waals surface area contributed by atoms with E-state index in [2.05, 4.69) is 4.99 Å². The Morgan fingerprint density at radius 1 is 0.879 bits per heavy atom. The Morgan fingerprint density at radius 2 is 1.36 bits per heavy atom.